The van der Waals surface area contributed by atoms with Crippen molar-refractivity contribution < 1.29 is 4.79 Å². The van der Waals surface area contributed by atoms with E-state index in [0.717, 1.165) is 10.9 Å². The molecule has 1 amide bonds. The molecule has 96 valence electrons. The molecule has 19 heavy (non-hydrogen) atoms. The molecule has 0 aliphatic rings. The highest BCUT2D eigenvalue weighted by Crippen LogP contribution is 2.19. The number of fused-ring (bicyclic) bond motifs is 1. The Hall–Kier alpha value is -2.76. The van der Waals surface area contributed by atoms with E-state index in [2.05, 4.69) is 15.4 Å². The number of rotatable bonds is 2. The van der Waals surface area contributed by atoms with Gasteiger partial charge in [-0.2, -0.15) is 5.10 Å². The van der Waals surface area contributed by atoms with Crippen LogP contribution in [0.4, 0.5) is 11.5 Å². The molecule has 4 N–H and O–H groups in total. The molecule has 1 aromatic carbocycles. The van der Waals surface area contributed by atoms with Gasteiger partial charge in [0.25, 0.3) is 5.91 Å². The molecular formula is C13H13N5O. The van der Waals surface area contributed by atoms with Crippen LogP contribution in [0.25, 0.3) is 10.9 Å². The van der Waals surface area contributed by atoms with Crippen LogP contribution in [0.1, 0.15) is 10.5 Å². The van der Waals surface area contributed by atoms with Crippen LogP contribution in [-0.4, -0.2) is 20.7 Å². The van der Waals surface area contributed by atoms with Crippen molar-refractivity contribution in [1.29, 1.82) is 0 Å². The number of carbonyl (C=O) groups is 1. The number of nitrogens with one attached hydrogen (secondary N) is 2. The van der Waals surface area contributed by atoms with Crippen molar-refractivity contribution >= 4 is 28.3 Å². The zero-order valence-electron chi connectivity index (χ0n) is 10.3. The van der Waals surface area contributed by atoms with E-state index in [9.17, 15) is 4.79 Å². The topological polar surface area (TPSA) is 88.7 Å². The summed E-state index contributed by atoms with van der Waals surface area (Å²) in [5, 5.41) is 7.69. The Morgan fingerprint density at radius 3 is 2.95 bits per heavy atom. The van der Waals surface area contributed by atoms with E-state index < -0.39 is 0 Å². The number of hydrogen-bond acceptors (Lipinski definition) is 3. The van der Waals surface area contributed by atoms with Crippen molar-refractivity contribution in [2.24, 2.45) is 7.05 Å². The third kappa shape index (κ3) is 2.03. The lowest BCUT2D eigenvalue weighted by molar-refractivity contribution is 0.102. The van der Waals surface area contributed by atoms with Crippen LogP contribution in [0.3, 0.4) is 0 Å². The molecule has 2 aromatic heterocycles. The van der Waals surface area contributed by atoms with Crippen LogP contribution >= 0.6 is 0 Å². The number of aromatic nitrogens is 3. The monoisotopic (exact) mass is 255 g/mol. The van der Waals surface area contributed by atoms with Crippen LogP contribution in [0, 0.1) is 0 Å². The van der Waals surface area contributed by atoms with Gasteiger partial charge in [-0.25, -0.2) is 0 Å². The largest absolute Gasteiger partial charge is 0.399 e. The summed E-state index contributed by atoms with van der Waals surface area (Å²) in [6.07, 6.45) is 1.63. The maximum absolute atomic E-state index is 12.1. The molecule has 0 saturated heterocycles. The lowest BCUT2D eigenvalue weighted by Gasteiger charge is -2.02. The third-order valence-corrected chi connectivity index (χ3v) is 2.95. The lowest BCUT2D eigenvalue weighted by Crippen LogP contribution is -2.14. The lowest BCUT2D eigenvalue weighted by atomic mass is 10.2. The Bertz CT molecular complexity index is 755. The first-order valence-electron chi connectivity index (χ1n) is 5.81. The molecule has 0 radical (unpaired) electrons. The van der Waals surface area contributed by atoms with E-state index >= 15 is 0 Å². The third-order valence-electron chi connectivity index (χ3n) is 2.95. The Kier molecular flexibility index (Phi) is 2.49. The summed E-state index contributed by atoms with van der Waals surface area (Å²) < 4.78 is 1.60. The number of benzene rings is 1. The highest BCUT2D eigenvalue weighted by atomic mass is 16.2. The Labute approximate surface area is 109 Å². The average Bonchev–Trinajstić information content (AvgIpc) is 2.96. The molecule has 0 atom stereocenters. The van der Waals surface area contributed by atoms with Crippen LogP contribution in [0.5, 0.6) is 0 Å². The number of aromatic amines is 1. The molecule has 0 aliphatic carbocycles. The fourth-order valence-electron chi connectivity index (χ4n) is 1.95. The molecule has 0 unspecified atom stereocenters. The first-order chi connectivity index (χ1) is 9.13. The number of nitrogens with two attached hydrogens (primary N) is 1. The number of H-pyrrole nitrogens is 1. The molecule has 0 fully saturated rings. The summed E-state index contributed by atoms with van der Waals surface area (Å²) in [7, 11) is 1.77. The second kappa shape index (κ2) is 4.16. The number of nitrogen functional groups attached to an aromatic ring is 1. The standard InChI is InChI=1S/C13H13N5O/c1-18-12(4-5-15-18)17-13(19)11-7-8-6-9(14)2-3-10(8)16-11/h2-7,16H,14H2,1H3,(H,17,19). The van der Waals surface area contributed by atoms with E-state index in [1.807, 2.05) is 12.1 Å². The summed E-state index contributed by atoms with van der Waals surface area (Å²) in [4.78, 5) is 15.2. The van der Waals surface area contributed by atoms with Crippen LogP contribution in [0.15, 0.2) is 36.5 Å². The second-order valence-electron chi connectivity index (χ2n) is 4.32. The van der Waals surface area contributed by atoms with Gasteiger partial charge < -0.3 is 16.0 Å². The highest BCUT2D eigenvalue weighted by Gasteiger charge is 2.11. The first-order valence-corrected chi connectivity index (χ1v) is 5.81. The van der Waals surface area contributed by atoms with Crippen molar-refractivity contribution in [3.05, 3.63) is 42.2 Å². The molecule has 0 spiro atoms. The van der Waals surface area contributed by atoms with Crippen molar-refractivity contribution in [2.45, 2.75) is 0 Å². The smallest absolute Gasteiger partial charge is 0.273 e. The minimum absolute atomic E-state index is 0.210. The molecule has 6 heteroatoms. The van der Waals surface area contributed by atoms with Gasteiger partial charge in [0, 0.05) is 29.7 Å². The molecule has 3 rings (SSSR count). The van der Waals surface area contributed by atoms with Gasteiger partial charge in [-0.1, -0.05) is 0 Å². The molecular weight excluding hydrogens is 242 g/mol. The minimum atomic E-state index is -0.210. The van der Waals surface area contributed by atoms with Gasteiger partial charge in [0.05, 0.1) is 6.20 Å². The molecule has 3 aromatic rings. The van der Waals surface area contributed by atoms with E-state index in [0.29, 0.717) is 17.2 Å². The van der Waals surface area contributed by atoms with Gasteiger partial charge in [0.1, 0.15) is 11.5 Å². The van der Waals surface area contributed by atoms with Crippen molar-refractivity contribution in [3.63, 3.8) is 0 Å². The Morgan fingerprint density at radius 2 is 2.21 bits per heavy atom. The number of aryl methyl sites for hydroxylation is 1. The minimum Gasteiger partial charge on any atom is -0.399 e. The SMILES string of the molecule is Cn1nccc1NC(=O)c1cc2cc(N)ccc2[nH]1. The molecule has 0 saturated carbocycles. The summed E-state index contributed by atoms with van der Waals surface area (Å²) in [5.41, 5.74) is 7.75. The van der Waals surface area contributed by atoms with E-state index in [1.54, 1.807) is 36.1 Å². The molecule has 0 aliphatic heterocycles. The maximum atomic E-state index is 12.1. The predicted molar refractivity (Wildman–Crippen MR) is 73.9 cm³/mol. The second-order valence-corrected chi connectivity index (χ2v) is 4.32. The van der Waals surface area contributed by atoms with Crippen molar-refractivity contribution in [3.8, 4) is 0 Å². The number of nitrogens with zero attached hydrogens (tertiary/aromatic N) is 2. The summed E-state index contributed by atoms with van der Waals surface area (Å²) in [5.74, 6) is 0.432. The van der Waals surface area contributed by atoms with Gasteiger partial charge in [0.2, 0.25) is 0 Å². The van der Waals surface area contributed by atoms with Gasteiger partial charge in [-0.15, -0.1) is 0 Å². The molecule has 0 bridgehead atoms. The highest BCUT2D eigenvalue weighted by molar-refractivity contribution is 6.05. The number of amides is 1. The fourth-order valence-corrected chi connectivity index (χ4v) is 1.95. The molecule has 2 heterocycles. The van der Waals surface area contributed by atoms with Crippen LogP contribution in [0.2, 0.25) is 0 Å². The summed E-state index contributed by atoms with van der Waals surface area (Å²) >= 11 is 0. The summed E-state index contributed by atoms with van der Waals surface area (Å²) in [6, 6.07) is 8.98. The van der Waals surface area contributed by atoms with Crippen LogP contribution < -0.4 is 11.1 Å². The zero-order valence-corrected chi connectivity index (χ0v) is 10.3. The quantitative estimate of drug-likeness (QED) is 0.609. The summed E-state index contributed by atoms with van der Waals surface area (Å²) in [6.45, 7) is 0. The maximum Gasteiger partial charge on any atom is 0.273 e. The molecule has 6 nitrogen and oxygen atoms in total. The van der Waals surface area contributed by atoms with Gasteiger partial charge in [-0.05, 0) is 24.3 Å². The van der Waals surface area contributed by atoms with E-state index in [-0.39, 0.29) is 5.91 Å². The normalized spacial score (nSPS) is 10.8. The first kappa shape index (κ1) is 11.3. The van der Waals surface area contributed by atoms with E-state index in [1.165, 1.54) is 0 Å². The fraction of sp³-hybridized carbons (Fsp3) is 0.0769. The zero-order chi connectivity index (χ0) is 13.4. The number of hydrogen-bond donors (Lipinski definition) is 3. The average molecular weight is 255 g/mol. The van der Waals surface area contributed by atoms with Crippen LogP contribution in [-0.2, 0) is 7.05 Å². The number of carbonyl (C=O) groups excluding carboxylic acids is 1. The Balaban J connectivity index is 1.91. The Morgan fingerprint density at radius 1 is 1.37 bits per heavy atom. The van der Waals surface area contributed by atoms with Gasteiger partial charge >= 0.3 is 0 Å². The van der Waals surface area contributed by atoms with Crippen molar-refractivity contribution in [1.82, 2.24) is 14.8 Å². The van der Waals surface area contributed by atoms with Crippen molar-refractivity contribution in [2.75, 3.05) is 11.1 Å². The number of anilines is 2. The van der Waals surface area contributed by atoms with Gasteiger partial charge in [0.15, 0.2) is 0 Å². The predicted octanol–water partition coefficient (Wildman–Crippen LogP) is 1.74. The van der Waals surface area contributed by atoms with E-state index in [4.69, 9.17) is 5.73 Å². The van der Waals surface area contributed by atoms with Gasteiger partial charge in [-0.3, -0.25) is 9.48 Å².